The zero-order valence-electron chi connectivity index (χ0n) is 19.3. The number of carbonyl (C=O) groups excluding carboxylic acids is 2. The van der Waals surface area contributed by atoms with E-state index in [1.165, 1.54) is 7.11 Å². The average molecular weight is 449 g/mol. The van der Waals surface area contributed by atoms with E-state index in [1.807, 2.05) is 25.1 Å². The quantitative estimate of drug-likeness (QED) is 0.625. The van der Waals surface area contributed by atoms with Crippen LogP contribution in [0.3, 0.4) is 0 Å². The molecular formula is C24H36N2O4S. The largest absolute Gasteiger partial charge is 0.469 e. The standard InChI is InChI=1S/C24H36N2O4S/c1-6-17-12-16-13-18(15-24(4,14-16)22(28)30-5)20(17)25-21(27)23(2,3)26-31(29)19-10-8-7-9-11-19/h7-11,16-18,20,26H,6,12-15H2,1-5H3,(H,25,27). The molecular weight excluding hydrogens is 412 g/mol. The van der Waals surface area contributed by atoms with Crippen LogP contribution in [0.1, 0.15) is 59.8 Å². The van der Waals surface area contributed by atoms with Crippen molar-refractivity contribution in [3.63, 3.8) is 0 Å². The van der Waals surface area contributed by atoms with E-state index in [4.69, 9.17) is 4.74 Å². The molecule has 31 heavy (non-hydrogen) atoms. The lowest BCUT2D eigenvalue weighted by Gasteiger charge is -2.51. The molecule has 1 amide bonds. The van der Waals surface area contributed by atoms with Gasteiger partial charge in [0.2, 0.25) is 5.91 Å². The Hall–Kier alpha value is -1.73. The number of hydrogen-bond donors (Lipinski definition) is 2. The molecule has 6 nitrogen and oxygen atoms in total. The van der Waals surface area contributed by atoms with Crippen molar-refractivity contribution >= 4 is 22.9 Å². The van der Waals surface area contributed by atoms with Gasteiger partial charge in [-0.1, -0.05) is 31.5 Å². The molecule has 6 atom stereocenters. The van der Waals surface area contributed by atoms with E-state index < -0.39 is 21.9 Å². The molecule has 3 rings (SSSR count). The minimum absolute atomic E-state index is 0.00395. The highest BCUT2D eigenvalue weighted by molar-refractivity contribution is 7.83. The third-order valence-electron chi connectivity index (χ3n) is 7.11. The molecule has 2 fully saturated rings. The van der Waals surface area contributed by atoms with Crippen LogP contribution in [-0.2, 0) is 25.3 Å². The molecule has 2 saturated carbocycles. The molecule has 172 valence electrons. The molecule has 0 heterocycles. The van der Waals surface area contributed by atoms with Gasteiger partial charge in [0.05, 0.1) is 17.4 Å². The first-order valence-corrected chi connectivity index (χ1v) is 12.4. The molecule has 0 spiro atoms. The maximum absolute atomic E-state index is 13.3. The van der Waals surface area contributed by atoms with Gasteiger partial charge in [0, 0.05) is 6.04 Å². The van der Waals surface area contributed by atoms with Crippen molar-refractivity contribution in [2.24, 2.45) is 23.2 Å². The maximum Gasteiger partial charge on any atom is 0.311 e. The number of amides is 1. The van der Waals surface area contributed by atoms with Gasteiger partial charge in [0.15, 0.2) is 0 Å². The number of hydrogen-bond acceptors (Lipinski definition) is 4. The number of fused-ring (bicyclic) bond motifs is 2. The molecule has 2 aliphatic carbocycles. The van der Waals surface area contributed by atoms with Gasteiger partial charge < -0.3 is 10.1 Å². The van der Waals surface area contributed by atoms with Gasteiger partial charge >= 0.3 is 5.97 Å². The highest BCUT2D eigenvalue weighted by Gasteiger charge is 2.50. The van der Waals surface area contributed by atoms with E-state index in [9.17, 15) is 13.8 Å². The lowest BCUT2D eigenvalue weighted by Crippen LogP contribution is -2.60. The molecule has 0 saturated heterocycles. The molecule has 1 aromatic rings. The predicted molar refractivity (Wildman–Crippen MR) is 121 cm³/mol. The van der Waals surface area contributed by atoms with Crippen LogP contribution >= 0.6 is 0 Å². The summed E-state index contributed by atoms with van der Waals surface area (Å²) in [5.74, 6) is 0.787. The smallest absolute Gasteiger partial charge is 0.311 e. The Labute approximate surface area is 188 Å². The van der Waals surface area contributed by atoms with E-state index in [-0.39, 0.29) is 23.8 Å². The monoisotopic (exact) mass is 448 g/mol. The third-order valence-corrected chi connectivity index (χ3v) is 8.51. The fourth-order valence-electron chi connectivity index (χ4n) is 5.59. The lowest BCUT2D eigenvalue weighted by molar-refractivity contribution is -0.158. The summed E-state index contributed by atoms with van der Waals surface area (Å²) >= 11 is 0. The molecule has 0 aromatic heterocycles. The second kappa shape index (κ2) is 9.41. The number of ether oxygens (including phenoxy) is 1. The minimum atomic E-state index is -1.49. The normalized spacial score (nSPS) is 31.5. The molecule has 0 radical (unpaired) electrons. The summed E-state index contributed by atoms with van der Waals surface area (Å²) in [5, 5.41) is 3.28. The zero-order chi connectivity index (χ0) is 22.8. The van der Waals surface area contributed by atoms with E-state index in [1.54, 1.807) is 26.0 Å². The fourth-order valence-corrected chi connectivity index (χ4v) is 6.67. The highest BCUT2D eigenvalue weighted by atomic mass is 32.2. The summed E-state index contributed by atoms with van der Waals surface area (Å²) in [6.45, 7) is 7.68. The van der Waals surface area contributed by atoms with Gasteiger partial charge in [-0.2, -0.15) is 0 Å². The first-order valence-electron chi connectivity index (χ1n) is 11.2. The van der Waals surface area contributed by atoms with Gasteiger partial charge in [0.1, 0.15) is 16.5 Å². The van der Waals surface area contributed by atoms with Crippen LogP contribution in [0.25, 0.3) is 0 Å². The third kappa shape index (κ3) is 5.20. The van der Waals surface area contributed by atoms with Crippen LogP contribution in [0.2, 0.25) is 0 Å². The van der Waals surface area contributed by atoms with Crippen molar-refractivity contribution in [1.82, 2.24) is 10.0 Å². The van der Waals surface area contributed by atoms with Crippen LogP contribution in [-0.4, -0.2) is 34.8 Å². The number of esters is 1. The molecule has 0 aliphatic heterocycles. The second-order valence-electron chi connectivity index (χ2n) is 10.0. The molecule has 2 bridgehead atoms. The highest BCUT2D eigenvalue weighted by Crippen LogP contribution is 2.51. The maximum atomic E-state index is 13.3. The van der Waals surface area contributed by atoms with Crippen LogP contribution < -0.4 is 10.0 Å². The van der Waals surface area contributed by atoms with Gasteiger partial charge in [-0.05, 0) is 76.3 Å². The van der Waals surface area contributed by atoms with Gasteiger partial charge in [0.25, 0.3) is 0 Å². The number of nitrogens with one attached hydrogen (secondary N) is 2. The van der Waals surface area contributed by atoms with E-state index in [0.29, 0.717) is 16.7 Å². The predicted octanol–water partition coefficient (Wildman–Crippen LogP) is 3.59. The van der Waals surface area contributed by atoms with E-state index in [0.717, 1.165) is 32.1 Å². The Morgan fingerprint density at radius 2 is 1.87 bits per heavy atom. The number of rotatable bonds is 7. The Balaban J connectivity index is 1.73. The minimum Gasteiger partial charge on any atom is -0.469 e. The summed E-state index contributed by atoms with van der Waals surface area (Å²) < 4.78 is 20.8. The van der Waals surface area contributed by atoms with Gasteiger partial charge in [-0.15, -0.1) is 0 Å². The molecule has 2 N–H and O–H groups in total. The van der Waals surface area contributed by atoms with E-state index in [2.05, 4.69) is 17.0 Å². The number of benzene rings is 1. The summed E-state index contributed by atoms with van der Waals surface area (Å²) in [7, 11) is -0.0360. The summed E-state index contributed by atoms with van der Waals surface area (Å²) in [4.78, 5) is 26.4. The van der Waals surface area contributed by atoms with Crippen LogP contribution in [0, 0.1) is 23.2 Å². The second-order valence-corrected chi connectivity index (χ2v) is 11.2. The van der Waals surface area contributed by atoms with Crippen LogP contribution in [0.15, 0.2) is 35.2 Å². The van der Waals surface area contributed by atoms with Crippen molar-refractivity contribution in [2.75, 3.05) is 7.11 Å². The fraction of sp³-hybridized carbons (Fsp3) is 0.667. The van der Waals surface area contributed by atoms with Crippen molar-refractivity contribution < 1.29 is 18.5 Å². The topological polar surface area (TPSA) is 84.5 Å². The average Bonchev–Trinajstić information content (AvgIpc) is 2.74. The van der Waals surface area contributed by atoms with Gasteiger partial charge in [-0.3, -0.25) is 9.59 Å². The molecule has 2 aliphatic rings. The molecule has 7 heteroatoms. The summed E-state index contributed by atoms with van der Waals surface area (Å²) in [6, 6.07) is 9.08. The van der Waals surface area contributed by atoms with Crippen LogP contribution in [0.4, 0.5) is 0 Å². The van der Waals surface area contributed by atoms with Crippen molar-refractivity contribution in [3.8, 4) is 0 Å². The summed E-state index contributed by atoms with van der Waals surface area (Å²) in [5.41, 5.74) is -1.50. The Morgan fingerprint density at radius 1 is 1.19 bits per heavy atom. The van der Waals surface area contributed by atoms with Crippen LogP contribution in [0.5, 0.6) is 0 Å². The van der Waals surface area contributed by atoms with Crippen molar-refractivity contribution in [2.45, 2.75) is 76.3 Å². The number of carbonyl (C=O) groups is 2. The van der Waals surface area contributed by atoms with Crippen molar-refractivity contribution in [3.05, 3.63) is 30.3 Å². The molecule has 6 unspecified atom stereocenters. The summed E-state index contributed by atoms with van der Waals surface area (Å²) in [6.07, 6.45) is 4.60. The molecule has 1 aromatic carbocycles. The van der Waals surface area contributed by atoms with Crippen molar-refractivity contribution in [1.29, 1.82) is 0 Å². The Kier molecular flexibility index (Phi) is 7.26. The van der Waals surface area contributed by atoms with Gasteiger partial charge in [-0.25, -0.2) is 8.93 Å². The Bertz CT molecular complexity index is 828. The first kappa shape index (κ1) is 23.9. The zero-order valence-corrected chi connectivity index (χ0v) is 20.1. The SMILES string of the molecule is CCC1CC2CC(CC(C)(C(=O)OC)C2)C1NC(=O)C(C)(C)NS(=O)c1ccccc1. The first-order chi connectivity index (χ1) is 14.6. The number of methoxy groups -OCH3 is 1. The van der Waals surface area contributed by atoms with E-state index >= 15 is 0 Å². The lowest BCUT2D eigenvalue weighted by atomic mass is 9.57. The Morgan fingerprint density at radius 3 is 2.48 bits per heavy atom.